The summed E-state index contributed by atoms with van der Waals surface area (Å²) in [7, 11) is -3.15. The van der Waals surface area contributed by atoms with Crippen LogP contribution >= 0.6 is 58.0 Å². The predicted molar refractivity (Wildman–Crippen MR) is 466 cm³/mol. The number of carbonyl (C=O) groups excluding carboxylic acids is 3. The average Bonchev–Trinajstić information content (AvgIpc) is 1.15. The number of likely N-dealkylation sites (tertiary alicyclic amines) is 1. The van der Waals surface area contributed by atoms with Crippen molar-refractivity contribution in [3.05, 3.63) is 145 Å². The van der Waals surface area contributed by atoms with Crippen LogP contribution in [0.25, 0.3) is 54.5 Å². The highest BCUT2D eigenvalue weighted by atomic mass is 35.5. The molecule has 11 aliphatic rings. The summed E-state index contributed by atoms with van der Waals surface area (Å²) in [5.41, 5.74) is 7.72. The third-order valence-corrected chi connectivity index (χ3v) is 33.2. The summed E-state index contributed by atoms with van der Waals surface area (Å²) in [6.45, 7) is 18.4. The van der Waals surface area contributed by atoms with Crippen molar-refractivity contribution in [1.29, 1.82) is 0 Å². The Morgan fingerprint density at radius 2 is 0.703 bits per heavy atom. The molecule has 11 fully saturated rings. The minimum atomic E-state index is -3.15. The molecule has 22 nitrogen and oxygen atoms in total. The fraction of sp³-hybridized carbons (Fsp3) is 0.578. The van der Waals surface area contributed by atoms with Crippen LogP contribution in [0.1, 0.15) is 268 Å². The summed E-state index contributed by atoms with van der Waals surface area (Å²) in [6, 6.07) is 18.5. The first-order valence-corrected chi connectivity index (χ1v) is 46.0. The number of hydrogen-bond acceptors (Lipinski definition) is 15. The Balaban J connectivity index is 0.000000121. The third-order valence-electron chi connectivity index (χ3n) is 30.8. The van der Waals surface area contributed by atoms with Gasteiger partial charge < -0.3 is 30.4 Å². The van der Waals surface area contributed by atoms with Crippen molar-refractivity contribution in [2.24, 2.45) is 55.2 Å². The van der Waals surface area contributed by atoms with Crippen LogP contribution in [0.3, 0.4) is 0 Å². The molecule has 0 spiro atoms. The normalized spacial score (nSPS) is 26.2. The van der Waals surface area contributed by atoms with Gasteiger partial charge in [-0.1, -0.05) is 106 Å². The topological polar surface area (TPSA) is 336 Å². The van der Waals surface area contributed by atoms with Crippen LogP contribution in [0, 0.1) is 55.2 Å². The zero-order chi connectivity index (χ0) is 84.5. The molecular formula is C90H115Cl5N12O10S. The molecule has 5 aromatic heterocycles. The number of piperidine rings is 2. The van der Waals surface area contributed by atoms with Gasteiger partial charge in [-0.25, -0.2) is 12.7 Å². The van der Waals surface area contributed by atoms with Gasteiger partial charge in [0, 0.05) is 146 Å². The monoisotopic (exact) mass is 1730 g/mol. The first-order valence-electron chi connectivity index (χ1n) is 42.2. The van der Waals surface area contributed by atoms with Crippen molar-refractivity contribution < 1.29 is 48.3 Å². The Kier molecular flexibility index (Phi) is 25.5. The van der Waals surface area contributed by atoms with E-state index in [1.807, 2.05) is 80.3 Å². The van der Waals surface area contributed by atoms with Gasteiger partial charge in [0.05, 0.1) is 95.3 Å². The van der Waals surface area contributed by atoms with E-state index in [0.717, 1.165) is 217 Å². The number of Topliss-reactive ketones (excluding diaryl/α,β-unsaturated/α-hetero) is 2. The van der Waals surface area contributed by atoms with Crippen LogP contribution in [0.4, 0.5) is 0 Å². The smallest absolute Gasteiger partial charge is 0.219 e. The van der Waals surface area contributed by atoms with Gasteiger partial charge in [-0.05, 0) is 237 Å². The maximum atomic E-state index is 12.4. The number of aliphatic hydroxyl groups excluding tert-OH is 5. The van der Waals surface area contributed by atoms with Gasteiger partial charge in [0.1, 0.15) is 11.6 Å². The number of fused-ring (bicyclic) bond motifs is 14. The number of amides is 1. The Morgan fingerprint density at radius 1 is 0.432 bits per heavy atom. The molecule has 636 valence electrons. The largest absolute Gasteiger partial charge is 0.388 e. The molecular weight excluding hydrogens is 1620 g/mol. The van der Waals surface area contributed by atoms with Crippen molar-refractivity contribution >= 4 is 140 Å². The molecule has 1 amide bonds. The van der Waals surface area contributed by atoms with E-state index in [0.29, 0.717) is 67.5 Å². The number of aromatic amines is 5. The van der Waals surface area contributed by atoms with Gasteiger partial charge in [0.15, 0.2) is 0 Å². The average molecular weight is 1730 g/mol. The molecule has 10 aromatic rings. The number of rotatable bonds is 17. The van der Waals surface area contributed by atoms with Crippen LogP contribution in [0.5, 0.6) is 0 Å². The summed E-state index contributed by atoms with van der Waals surface area (Å²) >= 11 is 31.2. The van der Waals surface area contributed by atoms with Crippen LogP contribution in [0.15, 0.2) is 91.6 Å². The zero-order valence-corrected chi connectivity index (χ0v) is 73.8. The molecule has 28 heteroatoms. The van der Waals surface area contributed by atoms with Gasteiger partial charge in [-0.3, -0.25) is 39.9 Å². The van der Waals surface area contributed by atoms with Crippen molar-refractivity contribution in [2.75, 3.05) is 32.4 Å². The first-order chi connectivity index (χ1) is 55.9. The van der Waals surface area contributed by atoms with Crippen LogP contribution in [0.2, 0.25) is 25.1 Å². The fourth-order valence-corrected chi connectivity index (χ4v) is 24.3. The summed E-state index contributed by atoms with van der Waals surface area (Å²) in [5, 5.41) is 98.9. The number of nitrogens with zero attached hydrogens (tertiary/aromatic N) is 7. The highest BCUT2D eigenvalue weighted by Gasteiger charge is 2.57. The minimum absolute atomic E-state index is 0.0274. The van der Waals surface area contributed by atoms with E-state index < -0.39 is 46.0 Å². The number of aliphatic hydroxyl groups is 5. The number of aromatic nitrogens is 10. The van der Waals surface area contributed by atoms with Gasteiger partial charge in [0.2, 0.25) is 15.9 Å². The van der Waals surface area contributed by atoms with Crippen LogP contribution in [-0.4, -0.2) is 144 Å². The number of nitrogens with one attached hydrogen (secondary N) is 5. The molecule has 2 saturated heterocycles. The molecule has 5 unspecified atom stereocenters. The molecule has 5 aromatic carbocycles. The second kappa shape index (κ2) is 34.3. The summed E-state index contributed by atoms with van der Waals surface area (Å²) in [5.74, 6) is 1.39. The van der Waals surface area contributed by atoms with Crippen LogP contribution < -0.4 is 0 Å². The van der Waals surface area contributed by atoms with Gasteiger partial charge in [-0.15, -0.1) is 0 Å². The lowest BCUT2D eigenvalue weighted by molar-refractivity contribution is -0.145. The highest BCUT2D eigenvalue weighted by molar-refractivity contribution is 7.88. The first kappa shape index (κ1) is 87.8. The molecule has 21 rings (SSSR count). The quantitative estimate of drug-likeness (QED) is 0.0405. The second-order valence-corrected chi connectivity index (χ2v) is 41.5. The maximum Gasteiger partial charge on any atom is 0.219 e. The Hall–Kier alpha value is -6.58. The lowest BCUT2D eigenvalue weighted by Crippen LogP contribution is -2.48. The summed E-state index contributed by atoms with van der Waals surface area (Å²) < 4.78 is 24.9. The number of H-pyrrole nitrogens is 5. The number of sulfonamides is 1. The second-order valence-electron chi connectivity index (χ2n) is 37.4. The lowest BCUT2D eigenvalue weighted by atomic mass is 9.50. The highest BCUT2D eigenvalue weighted by Crippen LogP contribution is 2.66. The summed E-state index contributed by atoms with van der Waals surface area (Å²) in [6.07, 6.45) is 30.0. The Morgan fingerprint density at radius 3 is 0.975 bits per heavy atom. The third kappa shape index (κ3) is 17.0. The van der Waals surface area contributed by atoms with Crippen molar-refractivity contribution in [1.82, 2.24) is 60.2 Å². The van der Waals surface area contributed by atoms with E-state index in [2.05, 4.69) is 71.8 Å². The maximum absolute atomic E-state index is 12.4. The number of halogens is 5. The molecule has 2 aliphatic heterocycles. The molecule has 118 heavy (non-hydrogen) atoms. The minimum Gasteiger partial charge on any atom is -0.388 e. The van der Waals surface area contributed by atoms with Crippen molar-refractivity contribution in [2.45, 2.75) is 240 Å². The zero-order valence-electron chi connectivity index (χ0n) is 69.2. The van der Waals surface area contributed by atoms with Gasteiger partial charge in [0.25, 0.3) is 0 Å². The van der Waals surface area contributed by atoms with Gasteiger partial charge >= 0.3 is 0 Å². The molecule has 9 saturated carbocycles. The van der Waals surface area contributed by atoms with Gasteiger partial charge in [-0.2, -0.15) is 25.5 Å². The number of hydrogen-bond donors (Lipinski definition) is 10. The number of ketones is 2. The standard InChI is InChI=1S/C19H23ClN2O2.C18H24ClN3O2.C18H21ClN2O2.C18H23ClN2O.C17H24ClN3O3S/c1-2-15(23)18-3-6-19(7-4-18,8-5-18)17(24)14-10-13(20)9-12-11-21-22-16(12)14;1-11(23)22-6-4-13(5-7-22)18(2,3)17(24)15-9-14(19)8-12-10-20-21-16(12)15;1-11(22)17-2-5-18(6-3-17,7-4-17)16(23)14-9-13(19)8-12-10-20-21-15(12)14;1-2-17-3-6-18(7-4-17,8-5-17)16(22)14-10-13(19)9-12-11-20-21-15(12)14;1-17(2,12-4-6-21(7-5-12)25(3,23)24)16(22)14-9-13(18)8-11-10-19-20-15(11)14/h9-11,17,24H,2-8H2,1H3,(H,21,22);8-10,13,17,24H,4-7H2,1-3H3,(H,20,21);8-10,16,23H,2-7H2,1H3,(H,20,21);9-11,16,22H,2-8H2,1H3,(H,20,21);8-10,12,16,22H,4-7H2,1-3H3,(H,19,20). The van der Waals surface area contributed by atoms with E-state index in [1.165, 1.54) is 36.2 Å². The van der Waals surface area contributed by atoms with Crippen LogP contribution in [-0.2, 0) is 24.4 Å². The lowest BCUT2D eigenvalue weighted by Gasteiger charge is -2.55. The molecule has 9 aliphatic carbocycles. The molecule has 7 heterocycles. The van der Waals surface area contributed by atoms with E-state index in [4.69, 9.17) is 58.0 Å². The number of carbonyl (C=O) groups is 3. The Bertz CT molecular complexity index is 5370. The summed E-state index contributed by atoms with van der Waals surface area (Å²) in [4.78, 5) is 37.8. The molecule has 10 N–H and O–H groups in total. The van der Waals surface area contributed by atoms with E-state index in [1.54, 1.807) is 50.9 Å². The molecule has 5 atom stereocenters. The molecule has 0 radical (unpaired) electrons. The van der Waals surface area contributed by atoms with E-state index >= 15 is 0 Å². The Labute approximate surface area is 715 Å². The van der Waals surface area contributed by atoms with E-state index in [9.17, 15) is 48.3 Å². The molecule has 6 bridgehead atoms. The SMILES string of the molecule is CC(=O)C12CCC(C(O)c3cc(Cl)cc4cn[nH]c34)(CC1)CC2.CC(=O)N1CCC(C(C)(C)C(O)c2cc(Cl)cc3cn[nH]c23)CC1.CC(C)(C1CCN(S(C)(=O)=O)CC1)C(O)c1cc(Cl)cc2cn[nH]c12.CCC(=O)C12CCC(C(O)c3cc(Cl)cc4cn[nH]c34)(CC1)CC2.CCC12CCC(C(O)c3cc(Cl)cc4cn[nH]c34)(CC1)CC2. The fourth-order valence-electron chi connectivity index (χ4n) is 22.2. The van der Waals surface area contributed by atoms with E-state index in [-0.39, 0.29) is 44.3 Å². The number of benzene rings is 5. The van der Waals surface area contributed by atoms with Crippen molar-refractivity contribution in [3.63, 3.8) is 0 Å². The predicted octanol–water partition coefficient (Wildman–Crippen LogP) is 20.2. The van der Waals surface area contributed by atoms with Crippen molar-refractivity contribution in [3.8, 4) is 0 Å².